The molecule has 3 aromatic rings. The van der Waals surface area contributed by atoms with E-state index in [2.05, 4.69) is 21.2 Å². The average molecular weight is 601 g/mol. The topological polar surface area (TPSA) is 86.8 Å². The predicted octanol–water partition coefficient (Wildman–Crippen LogP) is 5.28. The van der Waals surface area contributed by atoms with Crippen molar-refractivity contribution in [2.75, 3.05) is 10.8 Å². The molecular formula is C29H34BrN3O4S. The molecule has 0 radical (unpaired) electrons. The number of carbonyl (C=O) groups is 2. The molecule has 0 unspecified atom stereocenters. The first-order chi connectivity index (χ1) is 17.8. The van der Waals surface area contributed by atoms with Gasteiger partial charge >= 0.3 is 0 Å². The SMILES string of the molecule is Cc1cccc(N(CC(=O)N(Cc2ccc(Br)cc2)[C@@H](C)C(=O)NC(C)(C)C)S(=O)(=O)c2ccccc2)c1. The first kappa shape index (κ1) is 29.4. The van der Waals surface area contributed by atoms with Crippen LogP contribution in [0.25, 0.3) is 0 Å². The number of sulfonamides is 1. The van der Waals surface area contributed by atoms with Crippen LogP contribution in [0.3, 0.4) is 0 Å². The second-order valence-electron chi connectivity index (χ2n) is 10.2. The smallest absolute Gasteiger partial charge is 0.264 e. The van der Waals surface area contributed by atoms with Crippen LogP contribution in [0.1, 0.15) is 38.8 Å². The molecule has 0 aliphatic rings. The van der Waals surface area contributed by atoms with Crippen LogP contribution in [0.2, 0.25) is 0 Å². The lowest BCUT2D eigenvalue weighted by Crippen LogP contribution is -2.54. The summed E-state index contributed by atoms with van der Waals surface area (Å²) in [7, 11) is -4.07. The molecule has 0 spiro atoms. The van der Waals surface area contributed by atoms with E-state index >= 15 is 0 Å². The number of rotatable bonds is 9. The zero-order valence-corrected chi connectivity index (χ0v) is 24.7. The number of hydrogen-bond acceptors (Lipinski definition) is 4. The standard InChI is InChI=1S/C29H34BrN3O4S/c1-21-10-9-11-25(18-21)33(38(36,37)26-12-7-6-8-13-26)20-27(34)32(19-23-14-16-24(30)17-15-23)22(2)28(35)31-29(3,4)5/h6-18,22H,19-20H2,1-5H3,(H,31,35)/t22-/m0/s1. The molecule has 38 heavy (non-hydrogen) atoms. The summed E-state index contributed by atoms with van der Waals surface area (Å²) in [4.78, 5) is 28.5. The van der Waals surface area contributed by atoms with Gasteiger partial charge in [0.2, 0.25) is 11.8 Å². The van der Waals surface area contributed by atoms with Crippen LogP contribution in [0.4, 0.5) is 5.69 Å². The van der Waals surface area contributed by atoms with Crippen molar-refractivity contribution in [2.45, 2.75) is 57.6 Å². The Balaban J connectivity index is 2.02. The van der Waals surface area contributed by atoms with Crippen molar-refractivity contribution in [3.8, 4) is 0 Å². The summed E-state index contributed by atoms with van der Waals surface area (Å²) in [6.45, 7) is 8.78. The summed E-state index contributed by atoms with van der Waals surface area (Å²) in [6, 6.07) is 21.6. The van der Waals surface area contributed by atoms with Gasteiger partial charge in [0.25, 0.3) is 10.0 Å². The number of amides is 2. The largest absolute Gasteiger partial charge is 0.350 e. The predicted molar refractivity (Wildman–Crippen MR) is 154 cm³/mol. The number of benzene rings is 3. The molecule has 1 atom stereocenters. The fourth-order valence-corrected chi connectivity index (χ4v) is 5.57. The monoisotopic (exact) mass is 599 g/mol. The van der Waals surface area contributed by atoms with E-state index in [0.29, 0.717) is 5.69 Å². The third-order valence-electron chi connectivity index (χ3n) is 5.83. The van der Waals surface area contributed by atoms with Crippen LogP contribution in [-0.2, 0) is 26.2 Å². The maximum absolute atomic E-state index is 13.9. The molecule has 0 aliphatic heterocycles. The Hall–Kier alpha value is -3.17. The quantitative estimate of drug-likeness (QED) is 0.362. The minimum absolute atomic E-state index is 0.0762. The van der Waals surface area contributed by atoms with Crippen molar-refractivity contribution < 1.29 is 18.0 Å². The highest BCUT2D eigenvalue weighted by atomic mass is 79.9. The minimum atomic E-state index is -4.07. The van der Waals surface area contributed by atoms with E-state index in [9.17, 15) is 18.0 Å². The van der Waals surface area contributed by atoms with Gasteiger partial charge in [0.15, 0.2) is 0 Å². The van der Waals surface area contributed by atoms with Crippen LogP contribution < -0.4 is 9.62 Å². The molecule has 0 aliphatic carbocycles. The molecule has 9 heteroatoms. The second-order valence-corrected chi connectivity index (χ2v) is 13.0. The van der Waals surface area contributed by atoms with Gasteiger partial charge in [0, 0.05) is 16.6 Å². The third-order valence-corrected chi connectivity index (χ3v) is 8.15. The molecule has 3 rings (SSSR count). The Morgan fingerprint density at radius 2 is 1.58 bits per heavy atom. The van der Waals surface area contributed by atoms with Gasteiger partial charge in [0.05, 0.1) is 10.6 Å². The number of carbonyl (C=O) groups excluding carboxylic acids is 2. The molecule has 0 saturated carbocycles. The summed E-state index contributed by atoms with van der Waals surface area (Å²) in [5.74, 6) is -0.818. The third kappa shape index (κ3) is 7.68. The van der Waals surface area contributed by atoms with Crippen LogP contribution in [0.5, 0.6) is 0 Å². The highest BCUT2D eigenvalue weighted by Gasteiger charge is 2.33. The maximum Gasteiger partial charge on any atom is 0.264 e. The number of anilines is 1. The second kappa shape index (κ2) is 12.1. The van der Waals surface area contributed by atoms with E-state index in [-0.39, 0.29) is 17.3 Å². The van der Waals surface area contributed by atoms with E-state index in [4.69, 9.17) is 0 Å². The van der Waals surface area contributed by atoms with Crippen molar-refractivity contribution >= 4 is 43.5 Å². The Morgan fingerprint density at radius 3 is 2.16 bits per heavy atom. The molecule has 2 amide bonds. The van der Waals surface area contributed by atoms with Crippen LogP contribution >= 0.6 is 15.9 Å². The molecule has 0 saturated heterocycles. The number of aryl methyl sites for hydroxylation is 1. The lowest BCUT2D eigenvalue weighted by atomic mass is 10.1. The van der Waals surface area contributed by atoms with Gasteiger partial charge in [-0.25, -0.2) is 8.42 Å². The zero-order valence-electron chi connectivity index (χ0n) is 22.3. The summed E-state index contributed by atoms with van der Waals surface area (Å²) >= 11 is 3.42. The molecule has 3 aromatic carbocycles. The van der Waals surface area contributed by atoms with E-state index in [0.717, 1.165) is 19.9 Å². The number of nitrogens with one attached hydrogen (secondary N) is 1. The van der Waals surface area contributed by atoms with E-state index in [1.165, 1.54) is 17.0 Å². The molecule has 7 nitrogen and oxygen atoms in total. The van der Waals surface area contributed by atoms with Gasteiger partial charge in [-0.3, -0.25) is 13.9 Å². The van der Waals surface area contributed by atoms with Crippen molar-refractivity contribution in [1.82, 2.24) is 10.2 Å². The fourth-order valence-electron chi connectivity index (χ4n) is 3.87. The molecule has 0 bridgehead atoms. The first-order valence-corrected chi connectivity index (χ1v) is 14.5. The molecule has 1 N–H and O–H groups in total. The lowest BCUT2D eigenvalue weighted by molar-refractivity contribution is -0.140. The van der Waals surface area contributed by atoms with Crippen molar-refractivity contribution in [2.24, 2.45) is 0 Å². The Kier molecular flexibility index (Phi) is 9.38. The molecule has 202 valence electrons. The molecular weight excluding hydrogens is 566 g/mol. The van der Waals surface area contributed by atoms with Crippen LogP contribution in [0.15, 0.2) is 88.2 Å². The number of hydrogen-bond donors (Lipinski definition) is 1. The summed E-state index contributed by atoms with van der Waals surface area (Å²) < 4.78 is 29.5. The van der Waals surface area contributed by atoms with Gasteiger partial charge in [-0.05, 0) is 82.1 Å². The van der Waals surface area contributed by atoms with Gasteiger partial charge in [-0.2, -0.15) is 0 Å². The van der Waals surface area contributed by atoms with Crippen molar-refractivity contribution in [3.63, 3.8) is 0 Å². The van der Waals surface area contributed by atoms with Crippen LogP contribution in [-0.4, -0.2) is 43.3 Å². The van der Waals surface area contributed by atoms with Gasteiger partial charge in [-0.15, -0.1) is 0 Å². The summed E-state index contributed by atoms with van der Waals surface area (Å²) in [5.41, 5.74) is 1.54. The average Bonchev–Trinajstić information content (AvgIpc) is 2.85. The molecule has 0 heterocycles. The lowest BCUT2D eigenvalue weighted by Gasteiger charge is -2.33. The van der Waals surface area contributed by atoms with E-state index < -0.39 is 34.1 Å². The van der Waals surface area contributed by atoms with Crippen molar-refractivity contribution in [3.05, 3.63) is 94.5 Å². The minimum Gasteiger partial charge on any atom is -0.350 e. The van der Waals surface area contributed by atoms with Crippen molar-refractivity contribution in [1.29, 1.82) is 0 Å². The highest BCUT2D eigenvalue weighted by molar-refractivity contribution is 9.10. The van der Waals surface area contributed by atoms with Gasteiger partial charge in [0.1, 0.15) is 12.6 Å². The first-order valence-electron chi connectivity index (χ1n) is 12.3. The van der Waals surface area contributed by atoms with E-state index in [1.54, 1.807) is 43.3 Å². The Bertz CT molecular complexity index is 1370. The number of nitrogens with zero attached hydrogens (tertiary/aromatic N) is 2. The molecule has 0 aromatic heterocycles. The fraction of sp³-hybridized carbons (Fsp3) is 0.310. The summed E-state index contributed by atoms with van der Waals surface area (Å²) in [5, 5.41) is 2.93. The maximum atomic E-state index is 13.9. The highest BCUT2D eigenvalue weighted by Crippen LogP contribution is 2.25. The Morgan fingerprint density at radius 1 is 0.947 bits per heavy atom. The van der Waals surface area contributed by atoms with Gasteiger partial charge in [-0.1, -0.05) is 58.4 Å². The van der Waals surface area contributed by atoms with Gasteiger partial charge < -0.3 is 10.2 Å². The van der Waals surface area contributed by atoms with E-state index in [1.807, 2.05) is 58.0 Å². The molecule has 0 fully saturated rings. The number of halogens is 1. The summed E-state index contributed by atoms with van der Waals surface area (Å²) in [6.07, 6.45) is 0. The Labute approximate surface area is 234 Å². The van der Waals surface area contributed by atoms with Crippen LogP contribution in [0, 0.1) is 6.92 Å². The zero-order chi connectivity index (χ0) is 28.1. The normalized spacial score (nSPS) is 12.5.